The number of hydrogen-bond acceptors (Lipinski definition) is 5. The molecular weight excluding hydrogens is 332 g/mol. The van der Waals surface area contributed by atoms with E-state index in [9.17, 15) is 19.7 Å². The van der Waals surface area contributed by atoms with Crippen molar-refractivity contribution in [2.75, 3.05) is 0 Å². The molecule has 0 aliphatic heterocycles. The average molecular weight is 348 g/mol. The molecule has 1 aromatic heterocycles. The summed E-state index contributed by atoms with van der Waals surface area (Å²) in [5.41, 5.74) is 0.977. The first-order valence-electron chi connectivity index (χ1n) is 7.26. The lowest BCUT2D eigenvalue weighted by Gasteiger charge is -2.17. The van der Waals surface area contributed by atoms with Crippen LogP contribution in [0.25, 0.3) is 0 Å². The van der Waals surface area contributed by atoms with E-state index in [1.54, 1.807) is 0 Å². The van der Waals surface area contributed by atoms with Gasteiger partial charge in [0, 0.05) is 18.5 Å². The number of benzene rings is 1. The Morgan fingerprint density at radius 3 is 2.50 bits per heavy atom. The summed E-state index contributed by atoms with van der Waals surface area (Å²) in [6.45, 7) is 0. The van der Waals surface area contributed by atoms with Gasteiger partial charge >= 0.3 is 11.0 Å². The monoisotopic (exact) mass is 348 g/mol. The Labute approximate surface area is 142 Å². The van der Waals surface area contributed by atoms with Crippen LogP contribution in [0.2, 0.25) is 0 Å². The minimum absolute atomic E-state index is 0.0671. The third-order valence-corrected chi connectivity index (χ3v) is 4.40. The number of aliphatic carboxylic acids is 1. The molecule has 0 fully saturated rings. The first-order chi connectivity index (χ1) is 11.5. The summed E-state index contributed by atoms with van der Waals surface area (Å²) in [5, 5.41) is 22.2. The quantitative estimate of drug-likeness (QED) is 0.563. The van der Waals surface area contributed by atoms with Crippen molar-refractivity contribution in [1.29, 1.82) is 0 Å². The number of carbonyl (C=O) groups is 2. The van der Waals surface area contributed by atoms with E-state index >= 15 is 0 Å². The summed E-state index contributed by atoms with van der Waals surface area (Å²) >= 11 is 0.794. The van der Waals surface area contributed by atoms with E-state index in [2.05, 4.69) is 5.32 Å². The number of carboxylic acid groups (broad SMARTS) is 1. The lowest BCUT2D eigenvalue weighted by Crippen LogP contribution is -2.36. The predicted octanol–water partition coefficient (Wildman–Crippen LogP) is 2.86. The summed E-state index contributed by atoms with van der Waals surface area (Å²) in [4.78, 5) is 33.4. The minimum atomic E-state index is -0.936. The molecule has 126 valence electrons. The van der Waals surface area contributed by atoms with Gasteiger partial charge in [0.15, 0.2) is 0 Å². The molecule has 24 heavy (non-hydrogen) atoms. The number of hydrogen-bond donors (Lipinski definition) is 2. The molecule has 2 rings (SSSR count). The summed E-state index contributed by atoms with van der Waals surface area (Å²) < 4.78 is 0. The average Bonchev–Trinajstić information content (AvgIpc) is 3.04. The van der Waals surface area contributed by atoms with E-state index in [1.807, 2.05) is 30.3 Å². The fourth-order valence-electron chi connectivity index (χ4n) is 2.23. The molecule has 2 N–H and O–H groups in total. The summed E-state index contributed by atoms with van der Waals surface area (Å²) in [6.07, 6.45) is 0.707. The number of nitrogens with zero attached hydrogens (tertiary/aromatic N) is 1. The second-order valence-electron chi connectivity index (χ2n) is 5.19. The van der Waals surface area contributed by atoms with E-state index in [-0.39, 0.29) is 28.8 Å². The molecule has 1 aromatic carbocycles. The fourth-order valence-corrected chi connectivity index (χ4v) is 2.95. The first kappa shape index (κ1) is 17.6. The molecule has 8 heteroatoms. The highest BCUT2D eigenvalue weighted by atomic mass is 32.1. The molecule has 0 aliphatic carbocycles. The van der Waals surface area contributed by atoms with Crippen molar-refractivity contribution in [3.8, 4) is 0 Å². The van der Waals surface area contributed by atoms with Gasteiger partial charge in [-0.3, -0.25) is 19.7 Å². The highest BCUT2D eigenvalue weighted by Crippen LogP contribution is 2.24. The van der Waals surface area contributed by atoms with Crippen LogP contribution >= 0.6 is 11.3 Å². The molecule has 0 bridgehead atoms. The van der Waals surface area contributed by atoms with Crippen molar-refractivity contribution in [2.45, 2.75) is 25.3 Å². The molecule has 0 saturated heterocycles. The summed E-state index contributed by atoms with van der Waals surface area (Å²) in [6, 6.07) is 11.7. The molecule has 0 spiro atoms. The number of amides is 1. The molecule has 0 saturated carbocycles. The van der Waals surface area contributed by atoms with Crippen molar-refractivity contribution >= 4 is 28.2 Å². The molecule has 0 radical (unpaired) electrons. The van der Waals surface area contributed by atoms with Gasteiger partial charge in [-0.1, -0.05) is 41.7 Å². The van der Waals surface area contributed by atoms with Crippen LogP contribution in [-0.4, -0.2) is 27.9 Å². The third kappa shape index (κ3) is 5.17. The van der Waals surface area contributed by atoms with Crippen LogP contribution in [0.5, 0.6) is 0 Å². The maximum Gasteiger partial charge on any atom is 0.324 e. The van der Waals surface area contributed by atoms with Crippen molar-refractivity contribution in [3.63, 3.8) is 0 Å². The molecule has 1 amide bonds. The van der Waals surface area contributed by atoms with Gasteiger partial charge in [-0.25, -0.2) is 0 Å². The zero-order valence-electron chi connectivity index (χ0n) is 12.7. The van der Waals surface area contributed by atoms with Gasteiger partial charge in [0.1, 0.15) is 0 Å². The third-order valence-electron chi connectivity index (χ3n) is 3.36. The normalized spacial score (nSPS) is 11.7. The molecule has 2 aromatic rings. The van der Waals surface area contributed by atoms with E-state index in [4.69, 9.17) is 5.11 Å². The Kier molecular flexibility index (Phi) is 6.02. The van der Waals surface area contributed by atoms with Crippen LogP contribution in [0.15, 0.2) is 42.5 Å². The zero-order valence-corrected chi connectivity index (χ0v) is 13.5. The molecule has 7 nitrogen and oxygen atoms in total. The number of nitro groups is 1. The van der Waals surface area contributed by atoms with Crippen LogP contribution in [-0.2, 0) is 11.2 Å². The van der Waals surface area contributed by atoms with Gasteiger partial charge in [0.25, 0.3) is 5.91 Å². The molecule has 0 aliphatic rings. The predicted molar refractivity (Wildman–Crippen MR) is 89.2 cm³/mol. The number of thiophene rings is 1. The van der Waals surface area contributed by atoms with Gasteiger partial charge in [-0.05, 0) is 24.5 Å². The zero-order chi connectivity index (χ0) is 17.5. The molecule has 1 heterocycles. The maximum atomic E-state index is 12.3. The Bertz CT molecular complexity index is 729. The number of rotatable bonds is 8. The van der Waals surface area contributed by atoms with Gasteiger partial charge in [-0.2, -0.15) is 0 Å². The van der Waals surface area contributed by atoms with Crippen LogP contribution in [0, 0.1) is 10.1 Å². The second kappa shape index (κ2) is 8.21. The van der Waals surface area contributed by atoms with Crippen molar-refractivity contribution in [1.82, 2.24) is 5.32 Å². The lowest BCUT2D eigenvalue weighted by atomic mass is 10.0. The second-order valence-corrected chi connectivity index (χ2v) is 6.25. The molecule has 1 atom stereocenters. The number of nitrogens with one attached hydrogen (secondary N) is 1. The topological polar surface area (TPSA) is 110 Å². The fraction of sp³-hybridized carbons (Fsp3) is 0.250. The van der Waals surface area contributed by atoms with Crippen LogP contribution in [0.1, 0.15) is 28.1 Å². The van der Waals surface area contributed by atoms with Gasteiger partial charge < -0.3 is 10.4 Å². The first-order valence-corrected chi connectivity index (χ1v) is 8.08. The molecular formula is C16H16N2O5S. The highest BCUT2D eigenvalue weighted by Gasteiger charge is 2.19. The Morgan fingerprint density at radius 1 is 1.21 bits per heavy atom. The Balaban J connectivity index is 2.06. The molecule has 1 unspecified atom stereocenters. The smallest absolute Gasteiger partial charge is 0.324 e. The highest BCUT2D eigenvalue weighted by molar-refractivity contribution is 7.17. The van der Waals surface area contributed by atoms with Gasteiger partial charge in [0.2, 0.25) is 0 Å². The minimum Gasteiger partial charge on any atom is -0.481 e. The van der Waals surface area contributed by atoms with Crippen LogP contribution < -0.4 is 5.32 Å². The van der Waals surface area contributed by atoms with Gasteiger partial charge in [0.05, 0.1) is 9.80 Å². The van der Waals surface area contributed by atoms with Gasteiger partial charge in [-0.15, -0.1) is 0 Å². The van der Waals surface area contributed by atoms with Crippen molar-refractivity contribution in [2.24, 2.45) is 0 Å². The van der Waals surface area contributed by atoms with E-state index in [0.717, 1.165) is 16.9 Å². The largest absolute Gasteiger partial charge is 0.481 e. The summed E-state index contributed by atoms with van der Waals surface area (Å²) in [7, 11) is 0. The van der Waals surface area contributed by atoms with Crippen molar-refractivity contribution < 1.29 is 19.6 Å². The maximum absolute atomic E-state index is 12.3. The Morgan fingerprint density at radius 2 is 1.92 bits per heavy atom. The Hall–Kier alpha value is -2.74. The SMILES string of the molecule is O=C(O)CCC(Cc1ccccc1)NC(=O)c1ccc([N+](=O)[O-])s1. The number of carbonyl (C=O) groups excluding carboxylic acids is 1. The standard InChI is InChI=1S/C16H16N2O5S/c19-15(20)9-6-12(10-11-4-2-1-3-5-11)17-16(21)13-7-8-14(24-13)18(22)23/h1-5,7-8,12H,6,9-10H2,(H,17,21)(H,19,20). The van der Waals surface area contributed by atoms with E-state index < -0.39 is 16.8 Å². The summed E-state index contributed by atoms with van der Waals surface area (Å²) in [5.74, 6) is -1.37. The van der Waals surface area contributed by atoms with Crippen LogP contribution in [0.4, 0.5) is 5.00 Å². The van der Waals surface area contributed by atoms with Crippen molar-refractivity contribution in [3.05, 3.63) is 63.0 Å². The van der Waals surface area contributed by atoms with Crippen LogP contribution in [0.3, 0.4) is 0 Å². The van der Waals surface area contributed by atoms with E-state index in [1.165, 1.54) is 12.1 Å². The number of carboxylic acids is 1. The lowest BCUT2D eigenvalue weighted by molar-refractivity contribution is -0.380. The van der Waals surface area contributed by atoms with E-state index in [0.29, 0.717) is 6.42 Å².